The lowest BCUT2D eigenvalue weighted by atomic mass is 10.1. The molecule has 0 aliphatic carbocycles. The number of amides is 1. The van der Waals surface area contributed by atoms with E-state index in [-0.39, 0.29) is 21.8 Å². The number of aromatic nitrogens is 2. The molecule has 0 saturated heterocycles. The maximum Gasteiger partial charge on any atom is 0.336 e. The number of carbonyl (C=O) groups excluding carboxylic acids is 1. The summed E-state index contributed by atoms with van der Waals surface area (Å²) in [6.07, 6.45) is 0. The number of rotatable bonds is 4. The first kappa shape index (κ1) is 17.6. The monoisotopic (exact) mass is 391 g/mol. The number of hydrogen-bond acceptors (Lipinski definition) is 5. The fourth-order valence-electron chi connectivity index (χ4n) is 2.82. The van der Waals surface area contributed by atoms with Crippen molar-refractivity contribution in [3.8, 4) is 11.3 Å². The molecule has 4 aromatic rings. The van der Waals surface area contributed by atoms with Crippen LogP contribution in [-0.2, 0) is 0 Å². The van der Waals surface area contributed by atoms with Crippen LogP contribution in [0.15, 0.2) is 64.8 Å². The molecule has 7 nitrogen and oxygen atoms in total. The number of nitrogens with one attached hydrogen (secondary N) is 2. The Hall–Kier alpha value is -3.78. The van der Waals surface area contributed by atoms with Gasteiger partial charge in [0.1, 0.15) is 0 Å². The molecule has 2 aromatic heterocycles. The Kier molecular flexibility index (Phi) is 4.46. The predicted octanol–water partition coefficient (Wildman–Crippen LogP) is 3.60. The van der Waals surface area contributed by atoms with Gasteiger partial charge in [-0.15, -0.1) is 11.3 Å². The van der Waals surface area contributed by atoms with Crippen LogP contribution in [0.5, 0.6) is 0 Å². The molecule has 8 heteroatoms. The van der Waals surface area contributed by atoms with Crippen LogP contribution >= 0.6 is 11.3 Å². The number of aromatic amines is 1. The second-order valence-corrected chi connectivity index (χ2v) is 6.80. The van der Waals surface area contributed by atoms with Crippen LogP contribution in [0.2, 0.25) is 0 Å². The summed E-state index contributed by atoms with van der Waals surface area (Å²) in [6.45, 7) is 0. The summed E-state index contributed by atoms with van der Waals surface area (Å²) in [7, 11) is 0. The Morgan fingerprint density at radius 3 is 2.54 bits per heavy atom. The number of H-pyrrole nitrogens is 1. The first-order chi connectivity index (χ1) is 13.5. The van der Waals surface area contributed by atoms with E-state index in [2.05, 4.69) is 15.3 Å². The molecule has 0 aliphatic heterocycles. The summed E-state index contributed by atoms with van der Waals surface area (Å²) < 4.78 is 0. The Morgan fingerprint density at radius 2 is 1.75 bits per heavy atom. The normalized spacial score (nSPS) is 10.7. The average molecular weight is 391 g/mol. The predicted molar refractivity (Wildman–Crippen MR) is 107 cm³/mol. The van der Waals surface area contributed by atoms with Gasteiger partial charge in [-0.1, -0.05) is 30.3 Å². The molecule has 1 amide bonds. The van der Waals surface area contributed by atoms with Crippen molar-refractivity contribution in [1.82, 2.24) is 9.97 Å². The third kappa shape index (κ3) is 3.28. The SMILES string of the molecule is O=C(O)c1ccccc1C(=O)Nc1nc(-c2cc3ccccc3[nH]c2=O)cs1. The van der Waals surface area contributed by atoms with Crippen LogP contribution in [0.3, 0.4) is 0 Å². The van der Waals surface area contributed by atoms with Gasteiger partial charge >= 0.3 is 5.97 Å². The molecule has 28 heavy (non-hydrogen) atoms. The van der Waals surface area contributed by atoms with Gasteiger partial charge in [0, 0.05) is 10.9 Å². The van der Waals surface area contributed by atoms with Crippen molar-refractivity contribution in [2.45, 2.75) is 0 Å². The molecule has 0 fully saturated rings. The lowest BCUT2D eigenvalue weighted by Crippen LogP contribution is -2.16. The fraction of sp³-hybridized carbons (Fsp3) is 0. The van der Waals surface area contributed by atoms with Crippen molar-refractivity contribution in [3.63, 3.8) is 0 Å². The number of thiazole rings is 1. The zero-order chi connectivity index (χ0) is 19.7. The average Bonchev–Trinajstić information content (AvgIpc) is 3.15. The van der Waals surface area contributed by atoms with Crippen molar-refractivity contribution in [1.29, 1.82) is 0 Å². The molecule has 0 aliphatic rings. The summed E-state index contributed by atoms with van der Waals surface area (Å²) in [6, 6.07) is 15.1. The Morgan fingerprint density at radius 1 is 1.04 bits per heavy atom. The van der Waals surface area contributed by atoms with E-state index in [1.165, 1.54) is 12.1 Å². The van der Waals surface area contributed by atoms with E-state index in [0.29, 0.717) is 11.3 Å². The highest BCUT2D eigenvalue weighted by atomic mass is 32.1. The van der Waals surface area contributed by atoms with Crippen molar-refractivity contribution in [3.05, 3.63) is 81.5 Å². The van der Waals surface area contributed by atoms with E-state index < -0.39 is 11.9 Å². The number of carbonyl (C=O) groups is 2. The van der Waals surface area contributed by atoms with Crippen LogP contribution < -0.4 is 10.9 Å². The van der Waals surface area contributed by atoms with Crippen LogP contribution in [0, 0.1) is 0 Å². The Balaban J connectivity index is 1.64. The lowest BCUT2D eigenvalue weighted by Gasteiger charge is -2.05. The zero-order valence-corrected chi connectivity index (χ0v) is 15.1. The summed E-state index contributed by atoms with van der Waals surface area (Å²) in [5.41, 5.74) is 1.21. The minimum atomic E-state index is -1.19. The van der Waals surface area contributed by atoms with Gasteiger partial charge in [-0.3, -0.25) is 14.9 Å². The Labute approximate surface area is 162 Å². The largest absolute Gasteiger partial charge is 0.478 e. The highest BCUT2D eigenvalue weighted by Crippen LogP contribution is 2.25. The molecule has 0 radical (unpaired) electrons. The standard InChI is InChI=1S/C20H13N3O4S/c24-17(12-6-2-3-7-13(12)19(26)27)23-20-22-16(10-28-20)14-9-11-5-1-4-8-15(11)21-18(14)25/h1-10H,(H,21,25)(H,26,27)(H,22,23,24). The number of nitrogens with zero attached hydrogens (tertiary/aromatic N) is 1. The molecular weight excluding hydrogens is 378 g/mol. The van der Waals surface area contributed by atoms with Crippen molar-refractivity contribution < 1.29 is 14.7 Å². The molecular formula is C20H13N3O4S. The maximum absolute atomic E-state index is 12.5. The van der Waals surface area contributed by atoms with Gasteiger partial charge in [0.15, 0.2) is 5.13 Å². The smallest absolute Gasteiger partial charge is 0.336 e. The molecule has 0 bridgehead atoms. The number of fused-ring (bicyclic) bond motifs is 1. The van der Waals surface area contributed by atoms with E-state index in [9.17, 15) is 19.5 Å². The van der Waals surface area contributed by atoms with Gasteiger partial charge in [0.25, 0.3) is 11.5 Å². The molecule has 138 valence electrons. The van der Waals surface area contributed by atoms with E-state index in [1.807, 2.05) is 24.3 Å². The number of para-hydroxylation sites is 1. The third-order valence-electron chi connectivity index (χ3n) is 4.16. The summed E-state index contributed by atoms with van der Waals surface area (Å²) >= 11 is 1.15. The highest BCUT2D eigenvalue weighted by molar-refractivity contribution is 7.14. The second kappa shape index (κ2) is 7.09. The summed E-state index contributed by atoms with van der Waals surface area (Å²) in [5.74, 6) is -1.76. The highest BCUT2D eigenvalue weighted by Gasteiger charge is 2.17. The Bertz CT molecular complexity index is 1280. The maximum atomic E-state index is 12.5. The van der Waals surface area contributed by atoms with Crippen LogP contribution in [0.4, 0.5) is 5.13 Å². The molecule has 0 unspecified atom stereocenters. The van der Waals surface area contributed by atoms with Gasteiger partial charge in [0.05, 0.1) is 22.4 Å². The van der Waals surface area contributed by atoms with Gasteiger partial charge < -0.3 is 10.1 Å². The van der Waals surface area contributed by atoms with Crippen molar-refractivity contribution in [2.75, 3.05) is 5.32 Å². The van der Waals surface area contributed by atoms with E-state index in [1.54, 1.807) is 23.6 Å². The summed E-state index contributed by atoms with van der Waals surface area (Å²) in [5, 5.41) is 14.6. The number of pyridine rings is 1. The number of benzene rings is 2. The van der Waals surface area contributed by atoms with Gasteiger partial charge in [-0.25, -0.2) is 9.78 Å². The topological polar surface area (TPSA) is 112 Å². The lowest BCUT2D eigenvalue weighted by molar-refractivity contribution is 0.0692. The van der Waals surface area contributed by atoms with Crippen LogP contribution in [0.25, 0.3) is 22.2 Å². The first-order valence-corrected chi connectivity index (χ1v) is 9.12. The molecule has 0 spiro atoms. The fourth-order valence-corrected chi connectivity index (χ4v) is 3.53. The van der Waals surface area contributed by atoms with Gasteiger partial charge in [-0.05, 0) is 29.7 Å². The van der Waals surface area contributed by atoms with Gasteiger partial charge in [-0.2, -0.15) is 0 Å². The minimum absolute atomic E-state index is 0.0373. The third-order valence-corrected chi connectivity index (χ3v) is 4.91. The van der Waals surface area contributed by atoms with Gasteiger partial charge in [0.2, 0.25) is 0 Å². The molecule has 3 N–H and O–H groups in total. The quantitative estimate of drug-likeness (QED) is 0.492. The molecule has 0 atom stereocenters. The minimum Gasteiger partial charge on any atom is -0.478 e. The number of aromatic carboxylic acids is 1. The number of anilines is 1. The van der Waals surface area contributed by atoms with Crippen LogP contribution in [-0.4, -0.2) is 27.0 Å². The molecule has 4 rings (SSSR count). The molecule has 2 heterocycles. The number of carboxylic acid groups (broad SMARTS) is 1. The van der Waals surface area contributed by atoms with E-state index in [4.69, 9.17) is 0 Å². The van der Waals surface area contributed by atoms with E-state index >= 15 is 0 Å². The molecule has 2 aromatic carbocycles. The molecule has 0 saturated carbocycles. The summed E-state index contributed by atoms with van der Waals surface area (Å²) in [4.78, 5) is 43.2. The number of hydrogen-bond donors (Lipinski definition) is 3. The van der Waals surface area contributed by atoms with E-state index in [0.717, 1.165) is 22.2 Å². The first-order valence-electron chi connectivity index (χ1n) is 8.24. The zero-order valence-electron chi connectivity index (χ0n) is 14.3. The number of carboxylic acids is 1. The van der Waals surface area contributed by atoms with Crippen molar-refractivity contribution >= 4 is 39.2 Å². The second-order valence-electron chi connectivity index (χ2n) is 5.94. The van der Waals surface area contributed by atoms with Crippen LogP contribution in [0.1, 0.15) is 20.7 Å². The van der Waals surface area contributed by atoms with Crippen molar-refractivity contribution in [2.24, 2.45) is 0 Å².